The number of nitrogens with zero attached hydrogens (tertiary/aromatic N) is 1. The lowest BCUT2D eigenvalue weighted by Crippen LogP contribution is -2.38. The van der Waals surface area contributed by atoms with Crippen LogP contribution in [0.3, 0.4) is 0 Å². The molecule has 1 unspecified atom stereocenters. The van der Waals surface area contributed by atoms with Crippen molar-refractivity contribution in [1.29, 1.82) is 0 Å². The first kappa shape index (κ1) is 13.2. The number of pyridine rings is 1. The van der Waals surface area contributed by atoms with Crippen LogP contribution in [0.4, 0.5) is 0 Å². The van der Waals surface area contributed by atoms with Gasteiger partial charge < -0.3 is 9.47 Å². The number of aromatic nitrogens is 1. The topological polar surface area (TPSA) is 31.4 Å². The van der Waals surface area contributed by atoms with E-state index in [2.05, 4.69) is 36.8 Å². The molecule has 17 heavy (non-hydrogen) atoms. The van der Waals surface area contributed by atoms with Crippen LogP contribution in [0.15, 0.2) is 18.2 Å². The van der Waals surface area contributed by atoms with Crippen molar-refractivity contribution in [2.75, 3.05) is 14.2 Å². The average Bonchev–Trinajstić information content (AvgIpc) is 2.34. The van der Waals surface area contributed by atoms with Gasteiger partial charge in [-0.1, -0.05) is 22.0 Å². The summed E-state index contributed by atoms with van der Waals surface area (Å²) in [5, 5.41) is 0. The summed E-state index contributed by atoms with van der Waals surface area (Å²) in [6, 6.07) is 4.02. The van der Waals surface area contributed by atoms with E-state index in [-0.39, 0.29) is 4.83 Å². The molecule has 0 saturated carbocycles. The highest BCUT2D eigenvalue weighted by atomic mass is 79.9. The van der Waals surface area contributed by atoms with E-state index >= 15 is 0 Å². The summed E-state index contributed by atoms with van der Waals surface area (Å²) in [7, 11) is 3.25. The van der Waals surface area contributed by atoms with E-state index in [0.29, 0.717) is 0 Å². The first-order valence-electron chi connectivity index (χ1n) is 5.14. The molecule has 3 nitrogen and oxygen atoms in total. The summed E-state index contributed by atoms with van der Waals surface area (Å²) in [4.78, 5) is 4.43. The third kappa shape index (κ3) is 2.10. The summed E-state index contributed by atoms with van der Waals surface area (Å²) in [6.45, 7) is 1.97. The maximum atomic E-state index is 5.49. The van der Waals surface area contributed by atoms with Crippen molar-refractivity contribution in [2.45, 2.75) is 17.5 Å². The van der Waals surface area contributed by atoms with Crippen LogP contribution in [0.2, 0.25) is 0 Å². The van der Waals surface area contributed by atoms with Gasteiger partial charge in [-0.2, -0.15) is 0 Å². The third-order valence-corrected chi connectivity index (χ3v) is 4.62. The number of hydrogen-bond acceptors (Lipinski definition) is 3. The Bertz CT molecular complexity index is 470. The van der Waals surface area contributed by atoms with Gasteiger partial charge in [-0.15, -0.1) is 0 Å². The Morgan fingerprint density at radius 1 is 1.29 bits per heavy atom. The van der Waals surface area contributed by atoms with Gasteiger partial charge in [0.1, 0.15) is 0 Å². The van der Waals surface area contributed by atoms with Crippen molar-refractivity contribution in [3.05, 3.63) is 35.2 Å². The maximum absolute atomic E-state index is 5.49. The van der Waals surface area contributed by atoms with Gasteiger partial charge in [0.25, 0.3) is 0 Å². The lowest BCUT2D eigenvalue weighted by Gasteiger charge is -2.36. The van der Waals surface area contributed by atoms with E-state index in [1.165, 1.54) is 0 Å². The summed E-state index contributed by atoms with van der Waals surface area (Å²) in [6.07, 6.45) is 1.89. The van der Waals surface area contributed by atoms with Crippen LogP contribution in [0, 0.1) is 6.92 Å². The zero-order valence-electron chi connectivity index (χ0n) is 9.83. The molecule has 0 bridgehead atoms. The Morgan fingerprint density at radius 2 is 1.94 bits per heavy atom. The van der Waals surface area contributed by atoms with Gasteiger partial charge in [0, 0.05) is 24.4 Å². The second kappa shape index (κ2) is 4.80. The van der Waals surface area contributed by atoms with Crippen LogP contribution < -0.4 is 0 Å². The second-order valence-electron chi connectivity index (χ2n) is 3.87. The average molecular weight is 363 g/mol. The molecule has 0 fully saturated rings. The largest absolute Gasteiger partial charge is 0.348 e. The van der Waals surface area contributed by atoms with Crippen LogP contribution in [-0.4, -0.2) is 25.0 Å². The van der Waals surface area contributed by atoms with E-state index in [9.17, 15) is 0 Å². The Kier molecular flexibility index (Phi) is 3.73. The molecule has 1 aromatic heterocycles. The Labute approximate surface area is 117 Å². The number of hydrogen-bond donors (Lipinski definition) is 0. The molecule has 1 aromatic rings. The minimum atomic E-state index is -0.803. The molecule has 0 spiro atoms. The zero-order valence-corrected chi connectivity index (χ0v) is 13.0. The van der Waals surface area contributed by atoms with Crippen LogP contribution >= 0.6 is 31.9 Å². The minimum Gasteiger partial charge on any atom is -0.348 e. The van der Waals surface area contributed by atoms with Gasteiger partial charge in [-0.3, -0.25) is 4.98 Å². The van der Waals surface area contributed by atoms with Gasteiger partial charge in [-0.05, 0) is 40.6 Å². The van der Waals surface area contributed by atoms with Crippen molar-refractivity contribution in [3.8, 4) is 0 Å². The molecule has 1 heterocycles. The lowest BCUT2D eigenvalue weighted by atomic mass is 9.96. The first-order valence-corrected chi connectivity index (χ1v) is 6.85. The van der Waals surface area contributed by atoms with Crippen LogP contribution in [0.5, 0.6) is 0 Å². The highest BCUT2D eigenvalue weighted by Crippen LogP contribution is 2.47. The highest BCUT2D eigenvalue weighted by Gasteiger charge is 2.42. The maximum Gasteiger partial charge on any atom is 0.205 e. The van der Waals surface area contributed by atoms with Crippen LogP contribution in [0.25, 0.3) is 4.48 Å². The Balaban J connectivity index is 2.60. The first-order chi connectivity index (χ1) is 8.04. The van der Waals surface area contributed by atoms with Crippen molar-refractivity contribution in [1.82, 2.24) is 4.98 Å². The summed E-state index contributed by atoms with van der Waals surface area (Å²) < 4.78 is 11.9. The summed E-state index contributed by atoms with van der Waals surface area (Å²) in [5.41, 5.74) is 2.96. The molecule has 1 aliphatic carbocycles. The number of methoxy groups -OCH3 is 2. The molecule has 5 heteroatoms. The SMILES string of the molecule is COC1(OC)C=C(Br)c2nc(C)ccc2C1Br. The fourth-order valence-corrected chi connectivity index (χ4v) is 3.42. The number of halogens is 2. The molecular weight excluding hydrogens is 350 g/mol. The van der Waals surface area contributed by atoms with Gasteiger partial charge in [-0.25, -0.2) is 0 Å². The number of rotatable bonds is 2. The molecule has 0 aromatic carbocycles. The Morgan fingerprint density at radius 3 is 2.53 bits per heavy atom. The smallest absolute Gasteiger partial charge is 0.205 e. The molecule has 0 N–H and O–H groups in total. The van der Waals surface area contributed by atoms with Crippen molar-refractivity contribution in [2.24, 2.45) is 0 Å². The minimum absolute atomic E-state index is 0.0885. The van der Waals surface area contributed by atoms with Gasteiger partial charge in [0.2, 0.25) is 5.79 Å². The zero-order chi connectivity index (χ0) is 12.6. The van der Waals surface area contributed by atoms with Gasteiger partial charge in [0.05, 0.1) is 10.5 Å². The standard InChI is InChI=1S/C12H13Br2NO2/c1-7-4-5-8-10(15-7)9(13)6-12(16-2,17-3)11(8)14/h4-6,11H,1-3H3. The van der Waals surface area contributed by atoms with E-state index in [1.54, 1.807) is 14.2 Å². The fourth-order valence-electron chi connectivity index (χ4n) is 1.91. The normalized spacial score (nSPS) is 21.9. The molecule has 0 aliphatic heterocycles. The molecular formula is C12H13Br2NO2. The lowest BCUT2D eigenvalue weighted by molar-refractivity contribution is -0.169. The molecule has 0 radical (unpaired) electrons. The summed E-state index contributed by atoms with van der Waals surface area (Å²) in [5.74, 6) is -0.803. The van der Waals surface area contributed by atoms with Crippen LogP contribution in [-0.2, 0) is 9.47 Å². The number of ether oxygens (including phenoxy) is 2. The molecule has 92 valence electrons. The second-order valence-corrected chi connectivity index (χ2v) is 5.64. The molecule has 1 atom stereocenters. The predicted octanol–water partition coefficient (Wildman–Crippen LogP) is 3.56. The van der Waals surface area contributed by atoms with Crippen molar-refractivity contribution < 1.29 is 9.47 Å². The molecule has 1 aliphatic rings. The van der Waals surface area contributed by atoms with Gasteiger partial charge in [0.15, 0.2) is 0 Å². The molecule has 0 saturated heterocycles. The monoisotopic (exact) mass is 361 g/mol. The van der Waals surface area contributed by atoms with Crippen LogP contribution in [0.1, 0.15) is 21.8 Å². The highest BCUT2D eigenvalue weighted by molar-refractivity contribution is 9.15. The van der Waals surface area contributed by atoms with E-state index in [0.717, 1.165) is 21.4 Å². The van der Waals surface area contributed by atoms with Crippen molar-refractivity contribution >= 4 is 36.3 Å². The van der Waals surface area contributed by atoms with Crippen molar-refractivity contribution in [3.63, 3.8) is 0 Å². The van der Waals surface area contributed by atoms with E-state index in [1.807, 2.05) is 25.1 Å². The quantitative estimate of drug-likeness (QED) is 0.595. The fraction of sp³-hybridized carbons (Fsp3) is 0.417. The predicted molar refractivity (Wildman–Crippen MR) is 74.3 cm³/mol. The van der Waals surface area contributed by atoms with E-state index in [4.69, 9.17) is 9.47 Å². The molecule has 0 amide bonds. The molecule has 2 rings (SSSR count). The number of alkyl halides is 1. The Hall–Kier alpha value is -0.230. The number of aryl methyl sites for hydroxylation is 1. The third-order valence-electron chi connectivity index (χ3n) is 2.88. The van der Waals surface area contributed by atoms with Gasteiger partial charge >= 0.3 is 0 Å². The number of fused-ring (bicyclic) bond motifs is 1. The summed E-state index contributed by atoms with van der Waals surface area (Å²) >= 11 is 7.15. The van der Waals surface area contributed by atoms with E-state index < -0.39 is 5.79 Å².